The molecule has 308 valence electrons. The fraction of sp³-hybridized carbons (Fsp3) is 0. The Morgan fingerprint density at radius 1 is 0.288 bits per heavy atom. The summed E-state index contributed by atoms with van der Waals surface area (Å²) in [7, 11) is 0. The highest BCUT2D eigenvalue weighted by atomic mass is 15.1. The number of hydrogen-bond acceptors (Lipinski definition) is 1. The number of para-hydroxylation sites is 3. The standard InChI is InChI=1S/C64H42N2/c1-4-20-43(21-5-1)62-57-34-15-13-31-53(57)54-39-38-49(42-59(54)63(62)44-22-6-2-7-23-44)65(61-41-46-24-10-11-29-50(46)52-30-12-14-32-55(52)61)48-28-18-25-45(40-48)51-35-19-36-58-56-33-16-17-37-60(56)66(64(51)58)47-26-8-3-9-27-47/h1-42H. The minimum absolute atomic E-state index is 1.08. The van der Waals surface area contributed by atoms with Gasteiger partial charge in [-0.15, -0.1) is 0 Å². The van der Waals surface area contributed by atoms with Crippen molar-refractivity contribution in [1.82, 2.24) is 4.57 Å². The number of nitrogens with zero attached hydrogens (tertiary/aromatic N) is 2. The maximum atomic E-state index is 2.50. The Morgan fingerprint density at radius 2 is 0.803 bits per heavy atom. The van der Waals surface area contributed by atoms with E-state index in [1.54, 1.807) is 0 Å². The largest absolute Gasteiger partial charge is 0.310 e. The molecule has 0 bridgehead atoms. The summed E-state index contributed by atoms with van der Waals surface area (Å²) in [4.78, 5) is 2.50. The zero-order valence-electron chi connectivity index (χ0n) is 36.1. The molecule has 1 heterocycles. The minimum atomic E-state index is 1.08. The molecule has 0 spiro atoms. The van der Waals surface area contributed by atoms with Crippen LogP contribution in [0.4, 0.5) is 17.1 Å². The topological polar surface area (TPSA) is 8.17 Å². The summed E-state index contributed by atoms with van der Waals surface area (Å²) >= 11 is 0. The van der Waals surface area contributed by atoms with Crippen molar-refractivity contribution < 1.29 is 0 Å². The van der Waals surface area contributed by atoms with Gasteiger partial charge in [-0.1, -0.05) is 206 Å². The molecule has 0 aliphatic carbocycles. The highest BCUT2D eigenvalue weighted by Crippen LogP contribution is 2.49. The molecule has 2 heteroatoms. The lowest BCUT2D eigenvalue weighted by atomic mass is 9.85. The average molecular weight is 839 g/mol. The van der Waals surface area contributed by atoms with Crippen molar-refractivity contribution in [3.63, 3.8) is 0 Å². The molecule has 0 N–H and O–H groups in total. The molecule has 0 aliphatic rings. The van der Waals surface area contributed by atoms with Crippen molar-refractivity contribution in [3.8, 4) is 39.1 Å². The lowest BCUT2D eigenvalue weighted by Crippen LogP contribution is -2.11. The van der Waals surface area contributed by atoms with Gasteiger partial charge >= 0.3 is 0 Å². The number of hydrogen-bond donors (Lipinski definition) is 0. The van der Waals surface area contributed by atoms with Gasteiger partial charge in [0.05, 0.1) is 16.7 Å². The minimum Gasteiger partial charge on any atom is -0.310 e. The molecule has 12 aromatic carbocycles. The van der Waals surface area contributed by atoms with Crippen LogP contribution in [0.15, 0.2) is 255 Å². The Bertz CT molecular complexity index is 3980. The van der Waals surface area contributed by atoms with Gasteiger partial charge in [0.25, 0.3) is 0 Å². The first kappa shape index (κ1) is 37.8. The van der Waals surface area contributed by atoms with E-state index in [-0.39, 0.29) is 0 Å². The Morgan fingerprint density at radius 3 is 1.55 bits per heavy atom. The van der Waals surface area contributed by atoms with E-state index in [9.17, 15) is 0 Å². The van der Waals surface area contributed by atoms with Crippen LogP contribution in [0, 0.1) is 0 Å². The summed E-state index contributed by atoms with van der Waals surface area (Å²) in [6.07, 6.45) is 0. The van der Waals surface area contributed by atoms with Crippen LogP contribution in [0.3, 0.4) is 0 Å². The third kappa shape index (κ3) is 6.04. The number of rotatable bonds is 7. The van der Waals surface area contributed by atoms with Crippen LogP contribution in [0.1, 0.15) is 0 Å². The van der Waals surface area contributed by atoms with Crippen molar-refractivity contribution in [1.29, 1.82) is 0 Å². The van der Waals surface area contributed by atoms with Gasteiger partial charge in [0, 0.05) is 38.8 Å². The van der Waals surface area contributed by atoms with Crippen molar-refractivity contribution in [2.45, 2.75) is 0 Å². The number of anilines is 3. The lowest BCUT2D eigenvalue weighted by molar-refractivity contribution is 1.18. The van der Waals surface area contributed by atoms with Gasteiger partial charge < -0.3 is 9.47 Å². The van der Waals surface area contributed by atoms with Crippen molar-refractivity contribution in [3.05, 3.63) is 255 Å². The number of benzene rings is 12. The predicted molar refractivity (Wildman–Crippen MR) is 282 cm³/mol. The molecule has 0 amide bonds. The highest BCUT2D eigenvalue weighted by Gasteiger charge is 2.23. The van der Waals surface area contributed by atoms with Gasteiger partial charge in [0.15, 0.2) is 0 Å². The van der Waals surface area contributed by atoms with Gasteiger partial charge in [0.2, 0.25) is 0 Å². The zero-order valence-corrected chi connectivity index (χ0v) is 36.1. The van der Waals surface area contributed by atoms with Crippen molar-refractivity contribution >= 4 is 82.0 Å². The average Bonchev–Trinajstić information content (AvgIpc) is 3.74. The first-order valence-corrected chi connectivity index (χ1v) is 22.8. The lowest BCUT2D eigenvalue weighted by Gasteiger charge is -2.29. The highest BCUT2D eigenvalue weighted by molar-refractivity contribution is 6.23. The molecule has 2 nitrogen and oxygen atoms in total. The summed E-state index contributed by atoms with van der Waals surface area (Å²) in [5.74, 6) is 0. The van der Waals surface area contributed by atoms with Gasteiger partial charge in [-0.05, 0) is 114 Å². The van der Waals surface area contributed by atoms with E-state index in [1.165, 1.54) is 92.7 Å². The van der Waals surface area contributed by atoms with Crippen LogP contribution >= 0.6 is 0 Å². The van der Waals surface area contributed by atoms with E-state index < -0.39 is 0 Å². The van der Waals surface area contributed by atoms with Crippen LogP contribution in [-0.4, -0.2) is 4.57 Å². The summed E-state index contributed by atoms with van der Waals surface area (Å²) in [5, 5.41) is 12.3. The second kappa shape index (κ2) is 15.5. The van der Waals surface area contributed by atoms with Crippen LogP contribution in [0.25, 0.3) is 104 Å². The molecular formula is C64H42N2. The predicted octanol–water partition coefficient (Wildman–Crippen LogP) is 17.9. The van der Waals surface area contributed by atoms with Gasteiger partial charge in [-0.2, -0.15) is 0 Å². The summed E-state index contributed by atoms with van der Waals surface area (Å²) in [5.41, 5.74) is 14.0. The molecular weight excluding hydrogens is 797 g/mol. The monoisotopic (exact) mass is 838 g/mol. The molecule has 13 rings (SSSR count). The van der Waals surface area contributed by atoms with Crippen molar-refractivity contribution in [2.24, 2.45) is 0 Å². The normalized spacial score (nSPS) is 11.6. The maximum absolute atomic E-state index is 2.50. The number of aromatic nitrogens is 1. The Labute approximate surface area is 383 Å². The zero-order chi connectivity index (χ0) is 43.6. The molecule has 66 heavy (non-hydrogen) atoms. The van der Waals surface area contributed by atoms with E-state index in [1.807, 2.05) is 0 Å². The van der Waals surface area contributed by atoms with E-state index in [2.05, 4.69) is 264 Å². The Kier molecular flexibility index (Phi) is 8.89. The molecule has 0 aliphatic heterocycles. The quantitative estimate of drug-likeness (QED) is 0.145. The van der Waals surface area contributed by atoms with Crippen molar-refractivity contribution in [2.75, 3.05) is 4.90 Å². The van der Waals surface area contributed by atoms with Crippen LogP contribution in [0.5, 0.6) is 0 Å². The first-order chi connectivity index (χ1) is 32.8. The van der Waals surface area contributed by atoms with E-state index in [0.29, 0.717) is 0 Å². The third-order valence-corrected chi connectivity index (χ3v) is 13.5. The summed E-state index contributed by atoms with van der Waals surface area (Å²) in [6.45, 7) is 0. The third-order valence-electron chi connectivity index (χ3n) is 13.5. The van der Waals surface area contributed by atoms with Gasteiger partial charge in [0.1, 0.15) is 0 Å². The molecule has 1 aromatic heterocycles. The molecule has 0 atom stereocenters. The fourth-order valence-corrected chi connectivity index (χ4v) is 10.7. The Balaban J connectivity index is 1.12. The SMILES string of the molecule is c1ccc(-c2c(-c3ccccc3)c3cc(N(c4cccc(-c5cccc6c7ccccc7n(-c7ccccc7)c56)c4)c4cc5ccccc5c5ccccc45)ccc3c3ccccc23)cc1. The first-order valence-electron chi connectivity index (χ1n) is 22.8. The fourth-order valence-electron chi connectivity index (χ4n) is 10.7. The van der Waals surface area contributed by atoms with E-state index in [0.717, 1.165) is 28.3 Å². The molecule has 0 unspecified atom stereocenters. The van der Waals surface area contributed by atoms with Crippen LogP contribution in [0.2, 0.25) is 0 Å². The van der Waals surface area contributed by atoms with Gasteiger partial charge in [-0.3, -0.25) is 0 Å². The maximum Gasteiger partial charge on any atom is 0.0619 e. The molecule has 13 aromatic rings. The molecule has 0 saturated heterocycles. The summed E-state index contributed by atoms with van der Waals surface area (Å²) in [6, 6.07) is 93.4. The second-order valence-electron chi connectivity index (χ2n) is 17.2. The van der Waals surface area contributed by atoms with Crippen LogP contribution in [-0.2, 0) is 0 Å². The van der Waals surface area contributed by atoms with Crippen LogP contribution < -0.4 is 4.90 Å². The van der Waals surface area contributed by atoms with E-state index >= 15 is 0 Å². The number of fused-ring (bicyclic) bond motifs is 9. The Hall–Kier alpha value is -8.72. The van der Waals surface area contributed by atoms with E-state index in [4.69, 9.17) is 0 Å². The molecule has 0 fully saturated rings. The molecule has 0 radical (unpaired) electrons. The summed E-state index contributed by atoms with van der Waals surface area (Å²) < 4.78 is 2.43. The smallest absolute Gasteiger partial charge is 0.0619 e. The second-order valence-corrected chi connectivity index (χ2v) is 17.2. The van der Waals surface area contributed by atoms with Gasteiger partial charge in [-0.25, -0.2) is 0 Å². The molecule has 0 saturated carbocycles.